The Kier molecular flexibility index (Phi) is 6.78. The van der Waals surface area contributed by atoms with Gasteiger partial charge >= 0.3 is 0 Å². The zero-order valence-corrected chi connectivity index (χ0v) is 12.7. The molecule has 1 heterocycles. The quantitative estimate of drug-likeness (QED) is 0.723. The summed E-state index contributed by atoms with van der Waals surface area (Å²) in [6.45, 7) is 7.26. The van der Waals surface area contributed by atoms with Gasteiger partial charge in [0, 0.05) is 19.0 Å². The van der Waals surface area contributed by atoms with Crippen LogP contribution in [0.2, 0.25) is 0 Å². The smallest absolute Gasteiger partial charge is 0.255 e. The normalized spacial score (nSPS) is 10.5. The number of unbranched alkanes of at least 4 members (excludes halogenated alkanes) is 1. The molecule has 0 saturated carbocycles. The number of aryl methyl sites for hydroxylation is 2. The summed E-state index contributed by atoms with van der Waals surface area (Å²) in [5, 5.41) is 8.12. The fourth-order valence-corrected chi connectivity index (χ4v) is 2.10. The molecule has 0 aliphatic heterocycles. The molecule has 0 atom stereocenters. The van der Waals surface area contributed by atoms with Crippen LogP contribution in [0.15, 0.2) is 6.07 Å². The third-order valence-corrected chi connectivity index (χ3v) is 3.15. The minimum atomic E-state index is 0.0175. The van der Waals surface area contributed by atoms with Crippen LogP contribution in [-0.4, -0.2) is 40.0 Å². The molecule has 0 bridgehead atoms. The zero-order chi connectivity index (χ0) is 14.3. The van der Waals surface area contributed by atoms with Crippen molar-refractivity contribution in [2.45, 2.75) is 40.0 Å². The van der Waals surface area contributed by atoms with Gasteiger partial charge in [0.05, 0.1) is 17.0 Å². The summed E-state index contributed by atoms with van der Waals surface area (Å²) in [4.78, 5) is 14.4. The first-order valence-electron chi connectivity index (χ1n) is 6.82. The number of carbonyl (C=O) groups excluding carboxylic acids is 1. The number of carbonyl (C=O) groups is 1. The Morgan fingerprint density at radius 3 is 2.63 bits per heavy atom. The Hall–Kier alpha value is -1.16. The predicted molar refractivity (Wildman–Crippen MR) is 77.7 cm³/mol. The van der Waals surface area contributed by atoms with E-state index in [1.165, 1.54) is 0 Å². The van der Waals surface area contributed by atoms with Gasteiger partial charge in [0.15, 0.2) is 0 Å². The van der Waals surface area contributed by atoms with E-state index >= 15 is 0 Å². The predicted octanol–water partition coefficient (Wildman–Crippen LogP) is 2.83. The van der Waals surface area contributed by atoms with Gasteiger partial charge in [-0.25, -0.2) is 0 Å². The minimum absolute atomic E-state index is 0.0175. The summed E-state index contributed by atoms with van der Waals surface area (Å²) >= 11 is 5.79. The lowest BCUT2D eigenvalue weighted by Gasteiger charge is -2.22. The van der Waals surface area contributed by atoms with Crippen molar-refractivity contribution < 1.29 is 4.79 Å². The van der Waals surface area contributed by atoms with Crippen molar-refractivity contribution in [3.05, 3.63) is 23.0 Å². The van der Waals surface area contributed by atoms with Crippen LogP contribution in [0.4, 0.5) is 0 Å². The first-order chi connectivity index (χ1) is 9.13. The summed E-state index contributed by atoms with van der Waals surface area (Å²) in [6, 6.07) is 1.82. The van der Waals surface area contributed by atoms with Gasteiger partial charge < -0.3 is 4.90 Å². The average molecular weight is 284 g/mol. The second-order valence-electron chi connectivity index (χ2n) is 4.53. The van der Waals surface area contributed by atoms with Gasteiger partial charge in [-0.1, -0.05) is 20.3 Å². The summed E-state index contributed by atoms with van der Waals surface area (Å²) in [7, 11) is 0. The average Bonchev–Trinajstić information content (AvgIpc) is 2.42. The molecule has 0 spiro atoms. The van der Waals surface area contributed by atoms with Gasteiger partial charge in [-0.3, -0.25) is 4.79 Å². The molecule has 0 fully saturated rings. The topological polar surface area (TPSA) is 46.1 Å². The molecule has 106 valence electrons. The van der Waals surface area contributed by atoms with E-state index in [1.54, 1.807) is 0 Å². The SMILES string of the molecule is CCCCN(CCCl)C(=O)c1cc(C)nnc1CC. The molecule has 0 aromatic carbocycles. The molecule has 1 aromatic heterocycles. The monoisotopic (exact) mass is 283 g/mol. The molecular weight excluding hydrogens is 262 g/mol. The van der Waals surface area contributed by atoms with Crippen molar-refractivity contribution in [1.29, 1.82) is 0 Å². The van der Waals surface area contributed by atoms with Gasteiger partial charge in [0.2, 0.25) is 0 Å². The molecule has 0 unspecified atom stereocenters. The van der Waals surface area contributed by atoms with E-state index < -0.39 is 0 Å². The van der Waals surface area contributed by atoms with Crippen molar-refractivity contribution in [3.63, 3.8) is 0 Å². The summed E-state index contributed by atoms with van der Waals surface area (Å²) < 4.78 is 0. The number of amides is 1. The van der Waals surface area contributed by atoms with Gasteiger partial charge in [0.1, 0.15) is 0 Å². The van der Waals surface area contributed by atoms with Crippen LogP contribution in [0.25, 0.3) is 0 Å². The summed E-state index contributed by atoms with van der Waals surface area (Å²) in [5.74, 6) is 0.470. The highest BCUT2D eigenvalue weighted by Gasteiger charge is 2.19. The number of rotatable bonds is 7. The largest absolute Gasteiger partial charge is 0.337 e. The van der Waals surface area contributed by atoms with Crippen LogP contribution in [0.1, 0.15) is 48.4 Å². The van der Waals surface area contributed by atoms with Crippen molar-refractivity contribution >= 4 is 17.5 Å². The molecule has 0 aliphatic rings. The zero-order valence-electron chi connectivity index (χ0n) is 11.9. The number of hydrogen-bond donors (Lipinski definition) is 0. The Morgan fingerprint density at radius 2 is 2.05 bits per heavy atom. The molecule has 4 nitrogen and oxygen atoms in total. The molecule has 19 heavy (non-hydrogen) atoms. The number of alkyl halides is 1. The molecule has 0 aliphatic carbocycles. The number of nitrogens with zero attached hydrogens (tertiary/aromatic N) is 3. The number of hydrogen-bond acceptors (Lipinski definition) is 3. The van der Waals surface area contributed by atoms with Gasteiger partial charge in [-0.2, -0.15) is 10.2 Å². The molecule has 1 aromatic rings. The highest BCUT2D eigenvalue weighted by atomic mass is 35.5. The second-order valence-corrected chi connectivity index (χ2v) is 4.91. The van der Waals surface area contributed by atoms with Crippen LogP contribution in [-0.2, 0) is 6.42 Å². The Labute approximate surface area is 120 Å². The minimum Gasteiger partial charge on any atom is -0.337 e. The fourth-order valence-electron chi connectivity index (χ4n) is 1.90. The van der Waals surface area contributed by atoms with E-state index in [-0.39, 0.29) is 5.91 Å². The van der Waals surface area contributed by atoms with Gasteiger partial charge in [-0.05, 0) is 25.8 Å². The van der Waals surface area contributed by atoms with Crippen molar-refractivity contribution in [2.24, 2.45) is 0 Å². The Morgan fingerprint density at radius 1 is 1.32 bits per heavy atom. The molecule has 0 saturated heterocycles. The van der Waals surface area contributed by atoms with E-state index in [9.17, 15) is 4.79 Å². The molecule has 0 N–H and O–H groups in total. The van der Waals surface area contributed by atoms with E-state index in [1.807, 2.05) is 24.8 Å². The highest BCUT2D eigenvalue weighted by molar-refractivity contribution is 6.18. The van der Waals surface area contributed by atoms with Crippen LogP contribution in [0, 0.1) is 6.92 Å². The van der Waals surface area contributed by atoms with Crippen molar-refractivity contribution in [1.82, 2.24) is 15.1 Å². The molecule has 0 radical (unpaired) electrons. The molecular formula is C14H22ClN3O. The van der Waals surface area contributed by atoms with E-state index in [0.717, 1.165) is 30.8 Å². The molecule has 1 rings (SSSR count). The lowest BCUT2D eigenvalue weighted by Crippen LogP contribution is -2.34. The molecule has 5 heteroatoms. The van der Waals surface area contributed by atoms with Crippen molar-refractivity contribution in [2.75, 3.05) is 19.0 Å². The summed E-state index contributed by atoms with van der Waals surface area (Å²) in [5.41, 5.74) is 2.18. The van der Waals surface area contributed by atoms with Gasteiger partial charge in [-0.15, -0.1) is 11.6 Å². The Bertz CT molecular complexity index is 423. The van der Waals surface area contributed by atoms with Gasteiger partial charge in [0.25, 0.3) is 5.91 Å². The summed E-state index contributed by atoms with van der Waals surface area (Å²) in [6.07, 6.45) is 2.75. The maximum absolute atomic E-state index is 12.6. The highest BCUT2D eigenvalue weighted by Crippen LogP contribution is 2.12. The van der Waals surface area contributed by atoms with Crippen LogP contribution in [0.5, 0.6) is 0 Å². The van der Waals surface area contributed by atoms with E-state index in [0.29, 0.717) is 24.4 Å². The third kappa shape index (κ3) is 4.46. The van der Waals surface area contributed by atoms with Crippen LogP contribution >= 0.6 is 11.6 Å². The molecule has 1 amide bonds. The Balaban J connectivity index is 2.97. The van der Waals surface area contributed by atoms with E-state index in [2.05, 4.69) is 17.1 Å². The first-order valence-corrected chi connectivity index (χ1v) is 7.35. The standard InChI is InChI=1S/C14H22ClN3O/c1-4-6-8-18(9-7-15)14(19)12-10-11(3)16-17-13(12)5-2/h10H,4-9H2,1-3H3. The third-order valence-electron chi connectivity index (χ3n) is 2.98. The van der Waals surface area contributed by atoms with Crippen LogP contribution < -0.4 is 0 Å². The maximum Gasteiger partial charge on any atom is 0.255 e. The van der Waals surface area contributed by atoms with Crippen LogP contribution in [0.3, 0.4) is 0 Å². The maximum atomic E-state index is 12.6. The first kappa shape index (κ1) is 15.9. The number of halogens is 1. The lowest BCUT2D eigenvalue weighted by atomic mass is 10.1. The number of aromatic nitrogens is 2. The van der Waals surface area contributed by atoms with Crippen molar-refractivity contribution in [3.8, 4) is 0 Å². The lowest BCUT2D eigenvalue weighted by molar-refractivity contribution is 0.0761. The second kappa shape index (κ2) is 8.10. The fraction of sp³-hybridized carbons (Fsp3) is 0.643. The van der Waals surface area contributed by atoms with E-state index in [4.69, 9.17) is 11.6 Å².